The first-order chi connectivity index (χ1) is 13.9. The summed E-state index contributed by atoms with van der Waals surface area (Å²) in [7, 11) is -4.07. The maximum Gasteiger partial charge on any atom is 0.407 e. The van der Waals surface area contributed by atoms with E-state index in [1.54, 1.807) is 0 Å². The van der Waals surface area contributed by atoms with Gasteiger partial charge in [-0.05, 0) is 43.4 Å². The van der Waals surface area contributed by atoms with Crippen LogP contribution in [0.4, 0.5) is 17.6 Å². The Morgan fingerprint density at radius 1 is 1.23 bits per heavy atom. The van der Waals surface area contributed by atoms with Crippen LogP contribution in [0.15, 0.2) is 24.3 Å². The van der Waals surface area contributed by atoms with Gasteiger partial charge >= 0.3 is 6.18 Å². The van der Waals surface area contributed by atoms with Crippen LogP contribution in [0.2, 0.25) is 0 Å². The number of nitrogens with one attached hydrogen (secondary N) is 3. The third-order valence-electron chi connectivity index (χ3n) is 4.85. The van der Waals surface area contributed by atoms with Gasteiger partial charge in [-0.2, -0.15) is 18.4 Å². The fourth-order valence-electron chi connectivity index (χ4n) is 2.87. The summed E-state index contributed by atoms with van der Waals surface area (Å²) in [5, 5.41) is 13.5. The number of carbonyl (C=O) groups excluding carboxylic acids is 1. The van der Waals surface area contributed by atoms with Crippen LogP contribution in [0.1, 0.15) is 37.3 Å². The summed E-state index contributed by atoms with van der Waals surface area (Å²) < 4.78 is 81.2. The summed E-state index contributed by atoms with van der Waals surface area (Å²) in [6.45, 7) is 0. The monoisotopic (exact) mass is 448 g/mol. The van der Waals surface area contributed by atoms with Gasteiger partial charge in [-0.25, -0.2) is 17.5 Å². The molecule has 12 heteroatoms. The number of hydrogen-bond donors (Lipinski definition) is 3. The molecule has 0 aromatic heterocycles. The summed E-state index contributed by atoms with van der Waals surface area (Å²) in [6.07, 6.45) is -3.01. The molecule has 2 aliphatic rings. The number of sulfonamides is 1. The lowest BCUT2D eigenvalue weighted by Crippen LogP contribution is -2.55. The van der Waals surface area contributed by atoms with E-state index in [0.717, 1.165) is 24.3 Å². The van der Waals surface area contributed by atoms with Crippen molar-refractivity contribution < 1.29 is 30.8 Å². The van der Waals surface area contributed by atoms with E-state index in [2.05, 4.69) is 15.4 Å². The third kappa shape index (κ3) is 5.90. The summed E-state index contributed by atoms with van der Waals surface area (Å²) in [4.78, 5) is 12.6. The van der Waals surface area contributed by atoms with E-state index in [9.17, 15) is 30.8 Å². The summed E-state index contributed by atoms with van der Waals surface area (Å²) >= 11 is 0. The molecule has 0 bridgehead atoms. The van der Waals surface area contributed by atoms with Gasteiger partial charge in [0.1, 0.15) is 23.4 Å². The Bertz CT molecular complexity index is 936. The van der Waals surface area contributed by atoms with Crippen LogP contribution in [-0.2, 0) is 14.8 Å². The molecule has 3 rings (SSSR count). The van der Waals surface area contributed by atoms with E-state index in [0.29, 0.717) is 25.7 Å². The lowest BCUT2D eigenvalue weighted by Gasteiger charge is -2.28. The first-order valence-corrected chi connectivity index (χ1v) is 10.9. The smallest absolute Gasteiger partial charge is 0.336 e. The molecule has 2 fully saturated rings. The van der Waals surface area contributed by atoms with Gasteiger partial charge in [0.05, 0.1) is 11.8 Å². The Hall–Kier alpha value is -2.23. The number of carbonyl (C=O) groups is 1. The van der Waals surface area contributed by atoms with Gasteiger partial charge in [-0.15, -0.1) is 0 Å². The second-order valence-corrected chi connectivity index (χ2v) is 9.40. The van der Waals surface area contributed by atoms with Crippen LogP contribution in [0, 0.1) is 17.1 Å². The van der Waals surface area contributed by atoms with Crippen molar-refractivity contribution in [2.45, 2.75) is 55.5 Å². The number of rotatable bonds is 9. The van der Waals surface area contributed by atoms with Crippen LogP contribution in [0.5, 0.6) is 0 Å². The Morgan fingerprint density at radius 2 is 1.83 bits per heavy atom. The number of nitrogens with zero attached hydrogens (tertiary/aromatic N) is 1. The molecule has 0 spiro atoms. The molecule has 1 aromatic carbocycles. The molecule has 2 saturated carbocycles. The van der Waals surface area contributed by atoms with E-state index >= 15 is 0 Å². The Balaban J connectivity index is 1.85. The standard InChI is InChI=1S/C18H20F4N4O3S/c19-12-3-1-11(2-4-12)15(18(20,21)22)24-14(9-30(28,29)26-13-5-6-13)16(27)25-17(10-23)7-8-17/h1-4,13-15,24,26H,5-9H2,(H,25,27)/t14-,15-/m0/s1. The van der Waals surface area contributed by atoms with Gasteiger partial charge in [0.15, 0.2) is 0 Å². The normalized spacial score (nSPS) is 20.1. The first-order valence-electron chi connectivity index (χ1n) is 9.25. The predicted molar refractivity (Wildman–Crippen MR) is 97.8 cm³/mol. The lowest BCUT2D eigenvalue weighted by molar-refractivity contribution is -0.160. The van der Waals surface area contributed by atoms with E-state index in [4.69, 9.17) is 5.26 Å². The van der Waals surface area contributed by atoms with Gasteiger partial charge < -0.3 is 5.32 Å². The second kappa shape index (κ2) is 8.13. The lowest BCUT2D eigenvalue weighted by atomic mass is 10.0. The van der Waals surface area contributed by atoms with Crippen molar-refractivity contribution in [1.29, 1.82) is 5.26 Å². The Labute approximate surface area is 170 Å². The molecular weight excluding hydrogens is 428 g/mol. The van der Waals surface area contributed by atoms with Crippen molar-refractivity contribution in [2.24, 2.45) is 0 Å². The molecule has 1 amide bonds. The van der Waals surface area contributed by atoms with Gasteiger partial charge in [0.2, 0.25) is 15.9 Å². The average Bonchev–Trinajstić information content (AvgIpc) is 3.56. The molecule has 0 radical (unpaired) electrons. The van der Waals surface area contributed by atoms with Gasteiger partial charge in [-0.1, -0.05) is 12.1 Å². The van der Waals surface area contributed by atoms with Crippen molar-refractivity contribution in [3.8, 4) is 6.07 Å². The molecule has 30 heavy (non-hydrogen) atoms. The van der Waals surface area contributed by atoms with Crippen molar-refractivity contribution >= 4 is 15.9 Å². The largest absolute Gasteiger partial charge is 0.407 e. The predicted octanol–water partition coefficient (Wildman–Crippen LogP) is 1.64. The zero-order valence-corrected chi connectivity index (χ0v) is 16.5. The van der Waals surface area contributed by atoms with E-state index in [-0.39, 0.29) is 11.6 Å². The number of halogens is 4. The first kappa shape index (κ1) is 22.5. The summed E-state index contributed by atoms with van der Waals surface area (Å²) in [5.41, 5.74) is -1.57. The molecule has 1 aromatic rings. The van der Waals surface area contributed by atoms with E-state index in [1.165, 1.54) is 0 Å². The zero-order valence-electron chi connectivity index (χ0n) is 15.7. The Kier molecular flexibility index (Phi) is 6.08. The SMILES string of the molecule is N#CC1(NC(=O)[C@H](CS(=O)(=O)NC2CC2)N[C@@H](c2ccc(F)cc2)C(F)(F)F)CC1. The summed E-state index contributed by atoms with van der Waals surface area (Å²) in [5.74, 6) is -2.70. The minimum absolute atomic E-state index is 0.289. The molecule has 7 nitrogen and oxygen atoms in total. The van der Waals surface area contributed by atoms with Gasteiger partial charge in [0, 0.05) is 6.04 Å². The van der Waals surface area contributed by atoms with Crippen molar-refractivity contribution in [1.82, 2.24) is 15.4 Å². The average molecular weight is 448 g/mol. The quantitative estimate of drug-likeness (QED) is 0.498. The van der Waals surface area contributed by atoms with Crippen molar-refractivity contribution in [3.05, 3.63) is 35.6 Å². The highest BCUT2D eigenvalue weighted by Crippen LogP contribution is 2.35. The van der Waals surface area contributed by atoms with Gasteiger partial charge in [-0.3, -0.25) is 10.1 Å². The molecule has 164 valence electrons. The third-order valence-corrected chi connectivity index (χ3v) is 6.32. The number of nitriles is 1. The molecule has 0 unspecified atom stereocenters. The maximum absolute atomic E-state index is 13.7. The van der Waals surface area contributed by atoms with Crippen LogP contribution >= 0.6 is 0 Å². The molecule has 0 heterocycles. The van der Waals surface area contributed by atoms with Crippen LogP contribution in [0.3, 0.4) is 0 Å². The minimum atomic E-state index is -4.89. The summed E-state index contributed by atoms with van der Waals surface area (Å²) in [6, 6.07) is 0.875. The zero-order chi connectivity index (χ0) is 22.2. The van der Waals surface area contributed by atoms with Crippen LogP contribution in [-0.4, -0.2) is 43.9 Å². The highest BCUT2D eigenvalue weighted by Gasteiger charge is 2.48. The molecule has 2 aliphatic carbocycles. The number of amides is 1. The fraction of sp³-hybridized carbons (Fsp3) is 0.556. The molecule has 0 aliphatic heterocycles. The second-order valence-electron chi connectivity index (χ2n) is 7.60. The van der Waals surface area contributed by atoms with Crippen molar-refractivity contribution in [2.75, 3.05) is 5.75 Å². The van der Waals surface area contributed by atoms with E-state index in [1.807, 2.05) is 6.07 Å². The molecule has 3 N–H and O–H groups in total. The minimum Gasteiger partial charge on any atom is -0.336 e. The maximum atomic E-state index is 13.7. The highest BCUT2D eigenvalue weighted by molar-refractivity contribution is 7.89. The number of benzene rings is 1. The number of alkyl halides is 3. The van der Waals surface area contributed by atoms with Crippen molar-refractivity contribution in [3.63, 3.8) is 0 Å². The van der Waals surface area contributed by atoms with Crippen LogP contribution < -0.4 is 15.4 Å². The van der Waals surface area contributed by atoms with Crippen LogP contribution in [0.25, 0.3) is 0 Å². The number of hydrogen-bond acceptors (Lipinski definition) is 5. The van der Waals surface area contributed by atoms with Gasteiger partial charge in [0.25, 0.3) is 0 Å². The molecule has 0 saturated heterocycles. The highest BCUT2D eigenvalue weighted by atomic mass is 32.2. The molecule has 2 atom stereocenters. The topological polar surface area (TPSA) is 111 Å². The molecular formula is C18H20F4N4O3S. The fourth-order valence-corrected chi connectivity index (χ4v) is 4.40. The van der Waals surface area contributed by atoms with E-state index < -0.39 is 51.3 Å². The Morgan fingerprint density at radius 3 is 2.30 bits per heavy atom.